The topological polar surface area (TPSA) is 88.8 Å². The lowest BCUT2D eigenvalue weighted by molar-refractivity contribution is 0.881. The van der Waals surface area contributed by atoms with E-state index in [0.717, 1.165) is 11.3 Å². The van der Waals surface area contributed by atoms with E-state index in [1.807, 2.05) is 53.9 Å². The lowest BCUT2D eigenvalue weighted by Gasteiger charge is -2.09. The number of fused-ring (bicyclic) bond motifs is 1. The molecule has 3 aromatic heterocycles. The lowest BCUT2D eigenvalue weighted by atomic mass is 10.1. The summed E-state index contributed by atoms with van der Waals surface area (Å²) in [7, 11) is 0. The van der Waals surface area contributed by atoms with Gasteiger partial charge >= 0.3 is 0 Å². The Labute approximate surface area is 167 Å². The third-order valence-electron chi connectivity index (χ3n) is 4.34. The van der Waals surface area contributed by atoms with Crippen molar-refractivity contribution in [2.75, 3.05) is 0 Å². The number of H-pyrrole nitrogens is 1. The standard InChI is InChI=1S/C19H11ClN6OS/c20-13-9-5-4-8-12(13)16-15(17-22-24-25-23-17)18(27)26-14(10-28-19(26)21-16)11-6-2-1-3-7-11/h1-10H,(H,22,23,24,25). The van der Waals surface area contributed by atoms with Crippen LogP contribution >= 0.6 is 22.9 Å². The summed E-state index contributed by atoms with van der Waals surface area (Å²) in [5, 5.41) is 16.4. The molecule has 7 nitrogen and oxygen atoms in total. The summed E-state index contributed by atoms with van der Waals surface area (Å²) in [5.74, 6) is 0.173. The Morgan fingerprint density at radius 2 is 1.82 bits per heavy atom. The highest BCUT2D eigenvalue weighted by Crippen LogP contribution is 2.33. The highest BCUT2D eigenvalue weighted by Gasteiger charge is 2.23. The first kappa shape index (κ1) is 16.8. The van der Waals surface area contributed by atoms with Crippen molar-refractivity contribution in [1.82, 2.24) is 30.0 Å². The van der Waals surface area contributed by atoms with Gasteiger partial charge in [0.2, 0.25) is 5.82 Å². The molecule has 0 saturated carbocycles. The number of rotatable bonds is 3. The van der Waals surface area contributed by atoms with E-state index in [9.17, 15) is 4.79 Å². The minimum Gasteiger partial charge on any atom is -0.268 e. The van der Waals surface area contributed by atoms with Gasteiger partial charge in [0.25, 0.3) is 5.56 Å². The quantitative estimate of drug-likeness (QED) is 0.490. The summed E-state index contributed by atoms with van der Waals surface area (Å²) >= 11 is 7.78. The average Bonchev–Trinajstić information content (AvgIpc) is 3.39. The number of tetrazole rings is 1. The SMILES string of the molecule is O=c1c(-c2nn[nH]n2)c(-c2ccccc2Cl)nc2scc(-c3ccccc3)n12. The zero-order valence-electron chi connectivity index (χ0n) is 14.2. The van der Waals surface area contributed by atoms with E-state index in [2.05, 4.69) is 20.6 Å². The molecule has 28 heavy (non-hydrogen) atoms. The van der Waals surface area contributed by atoms with Gasteiger partial charge in [-0.2, -0.15) is 5.21 Å². The summed E-state index contributed by atoms with van der Waals surface area (Å²) in [6.45, 7) is 0. The molecule has 5 rings (SSSR count). The molecule has 0 atom stereocenters. The maximum Gasteiger partial charge on any atom is 0.270 e. The van der Waals surface area contributed by atoms with Gasteiger partial charge in [-0.3, -0.25) is 9.20 Å². The van der Waals surface area contributed by atoms with Crippen LogP contribution in [0.25, 0.3) is 38.9 Å². The van der Waals surface area contributed by atoms with E-state index < -0.39 is 0 Å². The molecule has 1 N–H and O–H groups in total. The molecule has 0 fully saturated rings. The predicted octanol–water partition coefficient (Wildman–Crippen LogP) is 3.92. The normalized spacial score (nSPS) is 11.2. The molecule has 5 aromatic rings. The molecule has 2 aromatic carbocycles. The molecule has 9 heteroatoms. The van der Waals surface area contributed by atoms with Gasteiger partial charge in [-0.05, 0) is 16.8 Å². The number of hydrogen-bond acceptors (Lipinski definition) is 6. The second-order valence-corrected chi connectivity index (χ2v) is 7.20. The van der Waals surface area contributed by atoms with Gasteiger partial charge in [0, 0.05) is 16.0 Å². The van der Waals surface area contributed by atoms with Crippen molar-refractivity contribution in [2.45, 2.75) is 0 Å². The van der Waals surface area contributed by atoms with Crippen molar-refractivity contribution in [2.24, 2.45) is 0 Å². The molecule has 0 aliphatic rings. The first-order valence-electron chi connectivity index (χ1n) is 8.32. The number of aromatic nitrogens is 6. The number of aromatic amines is 1. The zero-order chi connectivity index (χ0) is 19.1. The van der Waals surface area contributed by atoms with Crippen molar-refractivity contribution < 1.29 is 0 Å². The molecule has 136 valence electrons. The fourth-order valence-corrected chi connectivity index (χ4v) is 4.19. The Morgan fingerprint density at radius 1 is 1.04 bits per heavy atom. The molecule has 3 heterocycles. The third kappa shape index (κ3) is 2.62. The zero-order valence-corrected chi connectivity index (χ0v) is 15.8. The largest absolute Gasteiger partial charge is 0.270 e. The molecule has 0 radical (unpaired) electrons. The maximum absolute atomic E-state index is 13.6. The molecule has 0 spiro atoms. The Bertz CT molecular complexity index is 1340. The van der Waals surface area contributed by atoms with Crippen LogP contribution < -0.4 is 5.56 Å². The Morgan fingerprint density at radius 3 is 2.57 bits per heavy atom. The van der Waals surface area contributed by atoms with E-state index in [4.69, 9.17) is 16.6 Å². The first-order chi connectivity index (χ1) is 13.7. The van der Waals surface area contributed by atoms with Crippen LogP contribution in [0.2, 0.25) is 5.02 Å². The summed E-state index contributed by atoms with van der Waals surface area (Å²) in [6, 6.07) is 16.9. The van der Waals surface area contributed by atoms with Crippen molar-refractivity contribution in [3.63, 3.8) is 0 Å². The van der Waals surface area contributed by atoms with Crippen LogP contribution in [0.3, 0.4) is 0 Å². The van der Waals surface area contributed by atoms with Crippen LogP contribution in [0, 0.1) is 0 Å². The molecule has 0 saturated heterocycles. The molecule has 0 aliphatic heterocycles. The van der Waals surface area contributed by atoms with Gasteiger partial charge in [-0.15, -0.1) is 21.5 Å². The van der Waals surface area contributed by atoms with Crippen molar-refractivity contribution in [3.8, 4) is 33.9 Å². The molecular formula is C19H11ClN6OS. The van der Waals surface area contributed by atoms with Gasteiger partial charge < -0.3 is 0 Å². The molecule has 0 amide bonds. The number of nitrogens with zero attached hydrogens (tertiary/aromatic N) is 5. The molecule has 0 aliphatic carbocycles. The molecule has 0 bridgehead atoms. The first-order valence-corrected chi connectivity index (χ1v) is 9.58. The highest BCUT2D eigenvalue weighted by atomic mass is 35.5. The summed E-state index contributed by atoms with van der Waals surface area (Å²) < 4.78 is 1.58. The molecular weight excluding hydrogens is 396 g/mol. The van der Waals surface area contributed by atoms with Crippen LogP contribution in [-0.2, 0) is 0 Å². The maximum atomic E-state index is 13.6. The van der Waals surface area contributed by atoms with Gasteiger partial charge in [0.1, 0.15) is 5.56 Å². The third-order valence-corrected chi connectivity index (χ3v) is 5.49. The van der Waals surface area contributed by atoms with E-state index in [-0.39, 0.29) is 16.9 Å². The summed E-state index contributed by atoms with van der Waals surface area (Å²) in [4.78, 5) is 18.9. The van der Waals surface area contributed by atoms with Gasteiger partial charge in [-0.1, -0.05) is 60.1 Å². The van der Waals surface area contributed by atoms with Crippen LogP contribution in [0.4, 0.5) is 0 Å². The number of hydrogen-bond donors (Lipinski definition) is 1. The van der Waals surface area contributed by atoms with E-state index in [0.29, 0.717) is 21.2 Å². The minimum atomic E-state index is -0.276. The Hall–Kier alpha value is -3.36. The number of benzene rings is 2. The van der Waals surface area contributed by atoms with E-state index in [1.165, 1.54) is 11.3 Å². The molecule has 0 unspecified atom stereocenters. The van der Waals surface area contributed by atoms with E-state index in [1.54, 1.807) is 10.5 Å². The van der Waals surface area contributed by atoms with Crippen LogP contribution in [0.5, 0.6) is 0 Å². The summed E-state index contributed by atoms with van der Waals surface area (Å²) in [6.07, 6.45) is 0. The smallest absolute Gasteiger partial charge is 0.268 e. The van der Waals surface area contributed by atoms with Crippen LogP contribution in [0.1, 0.15) is 0 Å². The number of thiazole rings is 1. The van der Waals surface area contributed by atoms with Crippen LogP contribution in [0.15, 0.2) is 64.8 Å². The monoisotopic (exact) mass is 406 g/mol. The Balaban J connectivity index is 1.89. The van der Waals surface area contributed by atoms with Gasteiger partial charge in [-0.25, -0.2) is 4.98 Å². The van der Waals surface area contributed by atoms with Crippen molar-refractivity contribution in [3.05, 3.63) is 75.4 Å². The predicted molar refractivity (Wildman–Crippen MR) is 108 cm³/mol. The van der Waals surface area contributed by atoms with Crippen LogP contribution in [-0.4, -0.2) is 30.0 Å². The fourth-order valence-electron chi connectivity index (χ4n) is 3.08. The number of halogens is 1. The highest BCUT2D eigenvalue weighted by molar-refractivity contribution is 7.15. The van der Waals surface area contributed by atoms with Crippen molar-refractivity contribution in [1.29, 1.82) is 0 Å². The fraction of sp³-hybridized carbons (Fsp3) is 0. The second-order valence-electron chi connectivity index (χ2n) is 5.96. The average molecular weight is 407 g/mol. The van der Waals surface area contributed by atoms with Gasteiger partial charge in [0.05, 0.1) is 11.4 Å². The lowest BCUT2D eigenvalue weighted by Crippen LogP contribution is -2.19. The van der Waals surface area contributed by atoms with E-state index >= 15 is 0 Å². The van der Waals surface area contributed by atoms with Gasteiger partial charge in [0.15, 0.2) is 4.96 Å². The number of nitrogens with one attached hydrogen (secondary N) is 1. The summed E-state index contributed by atoms with van der Waals surface area (Å²) in [5.41, 5.74) is 2.71. The second kappa shape index (κ2) is 6.66. The van der Waals surface area contributed by atoms with Crippen molar-refractivity contribution >= 4 is 27.9 Å². The minimum absolute atomic E-state index is 0.173. The Kier molecular flexibility index (Phi) is 4.00.